The molecule has 0 bridgehead atoms. The van der Waals surface area contributed by atoms with Crippen molar-refractivity contribution in [1.29, 1.82) is 0 Å². The maximum atomic E-state index is 12.8. The Kier molecular flexibility index (Phi) is 6.77. The van der Waals surface area contributed by atoms with Crippen molar-refractivity contribution in [2.24, 2.45) is 0 Å². The van der Waals surface area contributed by atoms with E-state index in [-0.39, 0.29) is 17.5 Å². The molecule has 2 aromatic carbocycles. The van der Waals surface area contributed by atoms with E-state index in [9.17, 15) is 9.18 Å². The van der Waals surface area contributed by atoms with Gasteiger partial charge in [0.15, 0.2) is 11.7 Å². The standard InChI is InChI=1S/C16H15ClFN3O2S/c17-12-2-1-3-14(8-12)23-10-15(22)20-21-16(24)19-9-11-4-6-13(18)7-5-11/h1-8H,9-10H2,(H,20,22)(H2,19,21,24). The third kappa shape index (κ3) is 6.39. The quantitative estimate of drug-likeness (QED) is 0.560. The van der Waals surface area contributed by atoms with E-state index in [4.69, 9.17) is 28.6 Å². The van der Waals surface area contributed by atoms with Crippen LogP contribution in [0.3, 0.4) is 0 Å². The fraction of sp³-hybridized carbons (Fsp3) is 0.125. The van der Waals surface area contributed by atoms with E-state index in [2.05, 4.69) is 16.2 Å². The molecule has 0 atom stereocenters. The molecular formula is C16H15ClFN3O2S. The normalized spacial score (nSPS) is 9.92. The molecule has 0 aliphatic rings. The lowest BCUT2D eigenvalue weighted by Crippen LogP contribution is -2.48. The Morgan fingerprint density at radius 3 is 2.62 bits per heavy atom. The first-order valence-corrected chi connectivity index (χ1v) is 7.77. The molecule has 1 amide bonds. The van der Waals surface area contributed by atoms with Crippen LogP contribution in [0, 0.1) is 5.82 Å². The van der Waals surface area contributed by atoms with E-state index in [1.54, 1.807) is 36.4 Å². The average Bonchev–Trinajstić information content (AvgIpc) is 2.57. The molecule has 5 nitrogen and oxygen atoms in total. The molecule has 0 unspecified atom stereocenters. The highest BCUT2D eigenvalue weighted by Gasteiger charge is 2.04. The van der Waals surface area contributed by atoms with Gasteiger partial charge in [0, 0.05) is 11.6 Å². The summed E-state index contributed by atoms with van der Waals surface area (Å²) in [5.74, 6) is -0.206. The van der Waals surface area contributed by atoms with Gasteiger partial charge in [-0.2, -0.15) is 0 Å². The molecule has 24 heavy (non-hydrogen) atoms. The smallest absolute Gasteiger partial charge is 0.276 e. The lowest BCUT2D eigenvalue weighted by atomic mass is 10.2. The maximum Gasteiger partial charge on any atom is 0.276 e. The van der Waals surface area contributed by atoms with Crippen molar-refractivity contribution in [3.8, 4) is 5.75 Å². The van der Waals surface area contributed by atoms with Crippen LogP contribution in [0.25, 0.3) is 0 Å². The lowest BCUT2D eigenvalue weighted by Gasteiger charge is -2.12. The number of hydrogen-bond acceptors (Lipinski definition) is 3. The fourth-order valence-electron chi connectivity index (χ4n) is 1.70. The molecule has 0 aromatic heterocycles. The van der Waals surface area contributed by atoms with Gasteiger partial charge >= 0.3 is 0 Å². The minimum atomic E-state index is -0.402. The van der Waals surface area contributed by atoms with Crippen LogP contribution >= 0.6 is 23.8 Å². The second kappa shape index (κ2) is 9.05. The van der Waals surface area contributed by atoms with E-state index in [0.717, 1.165) is 5.56 Å². The molecule has 8 heteroatoms. The number of ether oxygens (including phenoxy) is 1. The van der Waals surface area contributed by atoms with Gasteiger partial charge in [-0.25, -0.2) is 4.39 Å². The van der Waals surface area contributed by atoms with E-state index < -0.39 is 5.91 Å². The predicted molar refractivity (Wildman–Crippen MR) is 94.1 cm³/mol. The Bertz CT molecular complexity index is 713. The zero-order valence-electron chi connectivity index (χ0n) is 12.5. The van der Waals surface area contributed by atoms with E-state index in [1.165, 1.54) is 12.1 Å². The van der Waals surface area contributed by atoms with Gasteiger partial charge in [-0.15, -0.1) is 0 Å². The van der Waals surface area contributed by atoms with Crippen LogP contribution in [0.1, 0.15) is 5.56 Å². The van der Waals surface area contributed by atoms with Crippen LogP contribution in [-0.2, 0) is 11.3 Å². The highest BCUT2D eigenvalue weighted by molar-refractivity contribution is 7.80. The first kappa shape index (κ1) is 18.0. The van der Waals surface area contributed by atoms with Gasteiger partial charge in [-0.1, -0.05) is 29.8 Å². The number of amides is 1. The molecule has 0 radical (unpaired) electrons. The van der Waals surface area contributed by atoms with Gasteiger partial charge < -0.3 is 10.1 Å². The van der Waals surface area contributed by atoms with Gasteiger partial charge in [0.1, 0.15) is 11.6 Å². The topological polar surface area (TPSA) is 62.4 Å². The summed E-state index contributed by atoms with van der Waals surface area (Å²) >= 11 is 10.8. The Morgan fingerprint density at radius 1 is 1.17 bits per heavy atom. The molecule has 2 aromatic rings. The third-order valence-corrected chi connectivity index (χ3v) is 3.33. The van der Waals surface area contributed by atoms with Gasteiger partial charge in [-0.3, -0.25) is 15.6 Å². The largest absolute Gasteiger partial charge is 0.484 e. The van der Waals surface area contributed by atoms with Crippen LogP contribution in [0.5, 0.6) is 5.75 Å². The zero-order chi connectivity index (χ0) is 17.4. The minimum Gasteiger partial charge on any atom is -0.484 e. The van der Waals surface area contributed by atoms with Gasteiger partial charge in [0.2, 0.25) is 0 Å². The van der Waals surface area contributed by atoms with Gasteiger partial charge in [-0.05, 0) is 48.1 Å². The molecule has 0 aliphatic heterocycles. The number of carbonyl (C=O) groups is 1. The van der Waals surface area contributed by atoms with Crippen molar-refractivity contribution in [1.82, 2.24) is 16.2 Å². The minimum absolute atomic E-state index is 0.187. The van der Waals surface area contributed by atoms with Crippen LogP contribution in [0.15, 0.2) is 48.5 Å². The van der Waals surface area contributed by atoms with E-state index in [0.29, 0.717) is 17.3 Å². The molecule has 2 rings (SSSR count). The number of carbonyl (C=O) groups excluding carboxylic acids is 1. The first-order valence-electron chi connectivity index (χ1n) is 6.98. The number of nitrogens with one attached hydrogen (secondary N) is 3. The summed E-state index contributed by atoms with van der Waals surface area (Å²) in [6.07, 6.45) is 0. The van der Waals surface area contributed by atoms with Crippen molar-refractivity contribution < 1.29 is 13.9 Å². The first-order chi connectivity index (χ1) is 11.5. The van der Waals surface area contributed by atoms with Crippen LogP contribution in [-0.4, -0.2) is 17.6 Å². The third-order valence-electron chi connectivity index (χ3n) is 2.85. The number of hydrazine groups is 1. The van der Waals surface area contributed by atoms with Crippen molar-refractivity contribution in [2.45, 2.75) is 6.54 Å². The van der Waals surface area contributed by atoms with Crippen molar-refractivity contribution >= 4 is 34.8 Å². The SMILES string of the molecule is O=C(COc1cccc(Cl)c1)NNC(=S)NCc1ccc(F)cc1. The van der Waals surface area contributed by atoms with Crippen molar-refractivity contribution in [3.63, 3.8) is 0 Å². The molecule has 0 heterocycles. The molecule has 0 saturated carbocycles. The Balaban J connectivity index is 1.65. The Labute approximate surface area is 149 Å². The number of hydrogen-bond donors (Lipinski definition) is 3. The summed E-state index contributed by atoms with van der Waals surface area (Å²) in [6, 6.07) is 12.7. The summed E-state index contributed by atoms with van der Waals surface area (Å²) in [6.45, 7) is 0.217. The van der Waals surface area contributed by atoms with Crippen molar-refractivity contribution in [3.05, 3.63) is 64.9 Å². The summed E-state index contributed by atoms with van der Waals surface area (Å²) < 4.78 is 18.1. The number of benzene rings is 2. The monoisotopic (exact) mass is 367 g/mol. The molecular weight excluding hydrogens is 353 g/mol. The second-order valence-electron chi connectivity index (χ2n) is 4.73. The molecule has 3 N–H and O–H groups in total. The highest BCUT2D eigenvalue weighted by Crippen LogP contribution is 2.16. The summed E-state index contributed by atoms with van der Waals surface area (Å²) in [5.41, 5.74) is 5.81. The predicted octanol–water partition coefficient (Wildman–Crippen LogP) is 2.55. The Hall–Kier alpha value is -2.38. The molecule has 0 fully saturated rings. The summed E-state index contributed by atoms with van der Waals surface area (Å²) in [5, 5.41) is 3.64. The average molecular weight is 368 g/mol. The van der Waals surface area contributed by atoms with Crippen molar-refractivity contribution in [2.75, 3.05) is 6.61 Å². The summed E-state index contributed by atoms with van der Waals surface area (Å²) in [7, 11) is 0. The lowest BCUT2D eigenvalue weighted by molar-refractivity contribution is -0.123. The molecule has 0 spiro atoms. The van der Waals surface area contributed by atoms with Gasteiger partial charge in [0.05, 0.1) is 0 Å². The highest BCUT2D eigenvalue weighted by atomic mass is 35.5. The maximum absolute atomic E-state index is 12.8. The van der Waals surface area contributed by atoms with E-state index >= 15 is 0 Å². The number of halogens is 2. The summed E-state index contributed by atoms with van der Waals surface area (Å²) in [4.78, 5) is 11.7. The Morgan fingerprint density at radius 2 is 1.92 bits per heavy atom. The van der Waals surface area contributed by atoms with Crippen LogP contribution < -0.4 is 20.9 Å². The molecule has 0 aliphatic carbocycles. The van der Waals surface area contributed by atoms with Gasteiger partial charge in [0.25, 0.3) is 5.91 Å². The molecule has 0 saturated heterocycles. The molecule has 126 valence electrons. The zero-order valence-corrected chi connectivity index (χ0v) is 14.1. The van der Waals surface area contributed by atoms with Crippen LogP contribution in [0.2, 0.25) is 5.02 Å². The number of thiocarbonyl (C=S) groups is 1. The fourth-order valence-corrected chi connectivity index (χ4v) is 2.00. The second-order valence-corrected chi connectivity index (χ2v) is 5.57. The van der Waals surface area contributed by atoms with Crippen LogP contribution in [0.4, 0.5) is 4.39 Å². The van der Waals surface area contributed by atoms with E-state index in [1.807, 2.05) is 0 Å². The number of rotatable bonds is 5.